The average Bonchev–Trinajstić information content (AvgIpc) is 3.22. The van der Waals surface area contributed by atoms with Crippen LogP contribution < -0.4 is 16.4 Å². The number of amides is 4. The molecule has 1 aromatic rings. The molecule has 9 nitrogen and oxygen atoms in total. The summed E-state index contributed by atoms with van der Waals surface area (Å²) in [7, 11) is 1.51. The molecule has 3 aliphatic rings. The molecular formula is C19H21FN4O5. The Kier molecular flexibility index (Phi) is 4.62. The van der Waals surface area contributed by atoms with Crippen LogP contribution in [0.2, 0.25) is 0 Å². The monoisotopic (exact) mass is 404 g/mol. The van der Waals surface area contributed by atoms with Crippen LogP contribution in [0.5, 0.6) is 0 Å². The zero-order chi connectivity index (χ0) is 20.9. The summed E-state index contributed by atoms with van der Waals surface area (Å²) in [6.07, 6.45) is 0.206. The van der Waals surface area contributed by atoms with E-state index in [-0.39, 0.29) is 18.5 Å². The highest BCUT2D eigenvalue weighted by molar-refractivity contribution is 6.15. The maximum absolute atomic E-state index is 14.0. The maximum Gasteiger partial charge on any atom is 0.250 e. The van der Waals surface area contributed by atoms with Crippen LogP contribution in [-0.4, -0.2) is 54.8 Å². The van der Waals surface area contributed by atoms with Crippen molar-refractivity contribution in [1.29, 1.82) is 0 Å². The van der Waals surface area contributed by atoms with Crippen molar-refractivity contribution >= 4 is 29.3 Å². The number of methoxy groups -OCH3 is 1. The summed E-state index contributed by atoms with van der Waals surface area (Å²) in [5.41, 5.74) is 4.32. The Labute approximate surface area is 165 Å². The first-order valence-corrected chi connectivity index (χ1v) is 9.33. The van der Waals surface area contributed by atoms with Crippen molar-refractivity contribution in [3.05, 3.63) is 29.6 Å². The van der Waals surface area contributed by atoms with Crippen LogP contribution >= 0.6 is 0 Å². The fourth-order valence-electron chi connectivity index (χ4n) is 4.81. The lowest BCUT2D eigenvalue weighted by molar-refractivity contribution is -0.143. The van der Waals surface area contributed by atoms with Crippen molar-refractivity contribution in [3.8, 4) is 0 Å². The Balaban J connectivity index is 1.80. The summed E-state index contributed by atoms with van der Waals surface area (Å²) in [5, 5.41) is 5.67. The van der Waals surface area contributed by atoms with E-state index >= 15 is 0 Å². The summed E-state index contributed by atoms with van der Waals surface area (Å²) in [5.74, 6) is -4.84. The van der Waals surface area contributed by atoms with Crippen molar-refractivity contribution in [2.24, 2.45) is 17.6 Å². The minimum atomic E-state index is -1.63. The van der Waals surface area contributed by atoms with Gasteiger partial charge in [-0.15, -0.1) is 0 Å². The lowest BCUT2D eigenvalue weighted by Crippen LogP contribution is -2.53. The number of carbonyl (C=O) groups is 4. The van der Waals surface area contributed by atoms with E-state index in [2.05, 4.69) is 10.6 Å². The summed E-state index contributed by atoms with van der Waals surface area (Å²) < 4.78 is 19.0. The van der Waals surface area contributed by atoms with Gasteiger partial charge in [-0.25, -0.2) is 4.39 Å². The van der Waals surface area contributed by atoms with Crippen molar-refractivity contribution < 1.29 is 28.3 Å². The molecule has 0 saturated carbocycles. The molecule has 4 rings (SSSR count). The molecule has 29 heavy (non-hydrogen) atoms. The van der Waals surface area contributed by atoms with E-state index in [4.69, 9.17) is 10.5 Å². The van der Waals surface area contributed by atoms with Crippen molar-refractivity contribution in [2.45, 2.75) is 24.4 Å². The van der Waals surface area contributed by atoms with E-state index in [0.717, 1.165) is 4.90 Å². The molecule has 0 aromatic heterocycles. The first-order valence-electron chi connectivity index (χ1n) is 9.33. The maximum atomic E-state index is 14.0. The second-order valence-corrected chi connectivity index (χ2v) is 7.55. The highest BCUT2D eigenvalue weighted by Gasteiger charge is 2.70. The Morgan fingerprint density at radius 3 is 2.76 bits per heavy atom. The largest absolute Gasteiger partial charge is 0.385 e. The predicted octanol–water partition coefficient (Wildman–Crippen LogP) is -0.542. The van der Waals surface area contributed by atoms with E-state index in [1.807, 2.05) is 0 Å². The summed E-state index contributed by atoms with van der Waals surface area (Å²) >= 11 is 0. The molecule has 3 aliphatic heterocycles. The number of carbonyl (C=O) groups excluding carboxylic acids is 4. The number of nitrogens with two attached hydrogens (primary N) is 1. The molecule has 154 valence electrons. The van der Waals surface area contributed by atoms with Crippen LogP contribution in [0.3, 0.4) is 0 Å². The van der Waals surface area contributed by atoms with Gasteiger partial charge in [0.05, 0.1) is 11.8 Å². The van der Waals surface area contributed by atoms with Gasteiger partial charge in [0.1, 0.15) is 11.4 Å². The van der Waals surface area contributed by atoms with Gasteiger partial charge in [-0.05, 0) is 24.6 Å². The number of nitrogens with zero attached hydrogens (tertiary/aromatic N) is 1. The van der Waals surface area contributed by atoms with Crippen molar-refractivity contribution in [3.63, 3.8) is 0 Å². The lowest BCUT2D eigenvalue weighted by atomic mass is 9.76. The zero-order valence-electron chi connectivity index (χ0n) is 15.7. The number of halogens is 1. The zero-order valence-corrected chi connectivity index (χ0v) is 15.7. The van der Waals surface area contributed by atoms with Crippen molar-refractivity contribution in [1.82, 2.24) is 10.2 Å². The molecular weight excluding hydrogens is 383 g/mol. The molecule has 2 saturated heterocycles. The molecule has 4 amide bonds. The number of nitrogens with one attached hydrogen (secondary N) is 2. The molecule has 0 aliphatic carbocycles. The van der Waals surface area contributed by atoms with Gasteiger partial charge in [-0.3, -0.25) is 29.4 Å². The van der Waals surface area contributed by atoms with E-state index in [1.165, 1.54) is 25.3 Å². The number of hydrogen-bond donors (Lipinski definition) is 3. The van der Waals surface area contributed by atoms with Gasteiger partial charge >= 0.3 is 0 Å². The van der Waals surface area contributed by atoms with E-state index in [0.29, 0.717) is 18.7 Å². The number of benzene rings is 1. The normalized spacial score (nSPS) is 30.1. The van der Waals surface area contributed by atoms with E-state index in [1.54, 1.807) is 0 Å². The van der Waals surface area contributed by atoms with Gasteiger partial charge < -0.3 is 15.8 Å². The summed E-state index contributed by atoms with van der Waals surface area (Å²) in [4.78, 5) is 52.1. The number of likely N-dealkylation sites (tertiary alicyclic amines) is 1. The van der Waals surface area contributed by atoms with E-state index in [9.17, 15) is 23.6 Å². The first kappa shape index (κ1) is 19.5. The SMILES string of the molecule is COCCCN1C(=O)[C@@H]2[C@H](CC(N)=O)N[C@]3(C(=O)Nc4ccc(F)cc43)[C@@H]2C1=O. The lowest BCUT2D eigenvalue weighted by Gasteiger charge is -2.29. The highest BCUT2D eigenvalue weighted by atomic mass is 19.1. The van der Waals surface area contributed by atoms with Crippen LogP contribution in [0.25, 0.3) is 0 Å². The smallest absolute Gasteiger partial charge is 0.250 e. The number of anilines is 1. The van der Waals surface area contributed by atoms with Crippen LogP contribution in [0.4, 0.5) is 10.1 Å². The molecule has 0 radical (unpaired) electrons. The third kappa shape index (κ3) is 2.74. The minimum Gasteiger partial charge on any atom is -0.385 e. The van der Waals surface area contributed by atoms with Gasteiger partial charge in [0.15, 0.2) is 0 Å². The number of imide groups is 1. The topological polar surface area (TPSA) is 131 Å². The van der Waals surface area contributed by atoms with Gasteiger partial charge in [-0.1, -0.05) is 0 Å². The second kappa shape index (κ2) is 6.89. The Bertz CT molecular complexity index is 922. The Morgan fingerprint density at radius 2 is 2.07 bits per heavy atom. The standard InChI is InChI=1S/C19H21FN4O5/c1-29-6-2-5-24-16(26)14-12(8-13(21)25)23-19(15(14)17(24)27)10-7-9(20)3-4-11(10)22-18(19)28/h3-4,7,12,14-15,23H,2,5-6,8H2,1H3,(H2,21,25)(H,22,28)/t12-,14+,15-,19-/m0/s1. The molecule has 0 unspecified atom stereocenters. The third-order valence-electron chi connectivity index (χ3n) is 5.92. The fourth-order valence-corrected chi connectivity index (χ4v) is 4.81. The molecule has 1 aromatic carbocycles. The quantitative estimate of drug-likeness (QED) is 0.431. The number of primary amides is 1. The highest BCUT2D eigenvalue weighted by Crippen LogP contribution is 2.53. The van der Waals surface area contributed by atoms with Crippen molar-refractivity contribution in [2.75, 3.05) is 25.6 Å². The third-order valence-corrected chi connectivity index (χ3v) is 5.92. The molecule has 10 heteroatoms. The Hall–Kier alpha value is -2.85. The van der Waals surface area contributed by atoms with Crippen LogP contribution in [0.15, 0.2) is 18.2 Å². The minimum absolute atomic E-state index is 0.134. The molecule has 3 heterocycles. The van der Waals surface area contributed by atoms with Gasteiger partial charge in [-0.2, -0.15) is 0 Å². The van der Waals surface area contributed by atoms with Crippen LogP contribution in [-0.2, 0) is 29.5 Å². The summed E-state index contributed by atoms with van der Waals surface area (Å²) in [6.45, 7) is 0.491. The predicted molar refractivity (Wildman–Crippen MR) is 97.6 cm³/mol. The second-order valence-electron chi connectivity index (χ2n) is 7.55. The first-order chi connectivity index (χ1) is 13.8. The van der Waals surface area contributed by atoms with E-state index < -0.39 is 52.9 Å². The molecule has 4 atom stereocenters. The molecule has 0 bridgehead atoms. The number of hydrogen-bond acceptors (Lipinski definition) is 6. The van der Waals surface area contributed by atoms with Gasteiger partial charge in [0, 0.05) is 44.0 Å². The molecule has 1 spiro atoms. The number of fused-ring (bicyclic) bond motifs is 4. The van der Waals surface area contributed by atoms with Crippen LogP contribution in [0.1, 0.15) is 18.4 Å². The molecule has 2 fully saturated rings. The average molecular weight is 404 g/mol. The van der Waals surface area contributed by atoms with Crippen LogP contribution in [0, 0.1) is 17.7 Å². The molecule has 4 N–H and O–H groups in total. The van der Waals surface area contributed by atoms with Gasteiger partial charge in [0.25, 0.3) is 0 Å². The fraction of sp³-hybridized carbons (Fsp3) is 0.474. The number of ether oxygens (including phenoxy) is 1. The Morgan fingerprint density at radius 1 is 1.31 bits per heavy atom. The summed E-state index contributed by atoms with van der Waals surface area (Å²) in [6, 6.07) is 2.97. The number of rotatable bonds is 6. The van der Waals surface area contributed by atoms with Gasteiger partial charge in [0.2, 0.25) is 23.6 Å².